The molecule has 17 heavy (non-hydrogen) atoms. The van der Waals surface area contributed by atoms with Crippen molar-refractivity contribution in [3.8, 4) is 0 Å². The van der Waals surface area contributed by atoms with Gasteiger partial charge in [0, 0.05) is 12.5 Å². The Morgan fingerprint density at radius 1 is 1.47 bits per heavy atom. The number of rotatable bonds is 6. The molecule has 1 rings (SSSR count). The summed E-state index contributed by atoms with van der Waals surface area (Å²) >= 11 is 0. The van der Waals surface area contributed by atoms with Crippen molar-refractivity contribution < 1.29 is 9.53 Å². The zero-order valence-electron chi connectivity index (χ0n) is 10.2. The third-order valence-electron chi connectivity index (χ3n) is 1.99. The first-order valence-electron chi connectivity index (χ1n) is 5.68. The maximum Gasteiger partial charge on any atom is 0.325 e. The number of nitrogens with zero attached hydrogens (tertiary/aromatic N) is 2. The molecule has 6 nitrogen and oxygen atoms in total. The molecule has 94 valence electrons. The second-order valence-corrected chi connectivity index (χ2v) is 3.50. The molecule has 0 radical (unpaired) electrons. The first-order chi connectivity index (χ1) is 8.15. The van der Waals surface area contributed by atoms with Crippen molar-refractivity contribution >= 4 is 17.6 Å². The van der Waals surface area contributed by atoms with Crippen LogP contribution in [0.2, 0.25) is 0 Å². The maximum absolute atomic E-state index is 11.2. The molecule has 0 aliphatic heterocycles. The first kappa shape index (κ1) is 13.2. The number of nitrogens with one attached hydrogen (secondary N) is 1. The molecule has 1 aromatic heterocycles. The Morgan fingerprint density at radius 2 is 2.24 bits per heavy atom. The molecular weight excluding hydrogens is 220 g/mol. The number of carbonyl (C=O) groups is 1. The zero-order valence-corrected chi connectivity index (χ0v) is 10.2. The van der Waals surface area contributed by atoms with Gasteiger partial charge in [0.25, 0.3) is 0 Å². The van der Waals surface area contributed by atoms with Crippen LogP contribution in [0.1, 0.15) is 26.1 Å². The van der Waals surface area contributed by atoms with Crippen molar-refractivity contribution in [2.75, 3.05) is 24.2 Å². The van der Waals surface area contributed by atoms with E-state index in [0.29, 0.717) is 24.1 Å². The summed E-state index contributed by atoms with van der Waals surface area (Å²) in [6.07, 6.45) is 1.71. The molecule has 0 aliphatic carbocycles. The van der Waals surface area contributed by atoms with Gasteiger partial charge in [-0.05, 0) is 13.3 Å². The minimum atomic E-state index is -0.318. The molecule has 0 amide bonds. The average Bonchev–Trinajstić information content (AvgIpc) is 2.26. The standard InChI is InChI=1S/C11H18N4O2/c1-3-5-9-14-8(12)6-10(15-9)13-7-11(16)17-4-2/h6H,3-5,7H2,1-2H3,(H3,12,13,14,15). The zero-order chi connectivity index (χ0) is 12.7. The molecule has 1 heterocycles. The van der Waals surface area contributed by atoms with E-state index in [1.165, 1.54) is 0 Å². The highest BCUT2D eigenvalue weighted by Gasteiger charge is 2.05. The van der Waals surface area contributed by atoms with Crippen LogP contribution in [-0.2, 0) is 16.0 Å². The van der Waals surface area contributed by atoms with Crippen LogP contribution in [0.4, 0.5) is 11.6 Å². The molecule has 0 spiro atoms. The molecular formula is C11H18N4O2. The van der Waals surface area contributed by atoms with Crippen LogP contribution in [-0.4, -0.2) is 29.1 Å². The monoisotopic (exact) mass is 238 g/mol. The van der Waals surface area contributed by atoms with E-state index in [2.05, 4.69) is 15.3 Å². The fourth-order valence-corrected chi connectivity index (χ4v) is 1.32. The van der Waals surface area contributed by atoms with Crippen LogP contribution in [0.5, 0.6) is 0 Å². The van der Waals surface area contributed by atoms with Gasteiger partial charge < -0.3 is 15.8 Å². The number of esters is 1. The number of aryl methyl sites for hydroxylation is 1. The lowest BCUT2D eigenvalue weighted by molar-refractivity contribution is -0.140. The Balaban J connectivity index is 2.61. The smallest absolute Gasteiger partial charge is 0.325 e. The fraction of sp³-hybridized carbons (Fsp3) is 0.545. The van der Waals surface area contributed by atoms with E-state index in [1.54, 1.807) is 13.0 Å². The van der Waals surface area contributed by atoms with Gasteiger partial charge >= 0.3 is 5.97 Å². The summed E-state index contributed by atoms with van der Waals surface area (Å²) in [5.74, 6) is 1.31. The molecule has 6 heteroatoms. The number of ether oxygens (including phenoxy) is 1. The fourth-order valence-electron chi connectivity index (χ4n) is 1.32. The van der Waals surface area contributed by atoms with Gasteiger partial charge in [-0.1, -0.05) is 6.92 Å². The van der Waals surface area contributed by atoms with Gasteiger partial charge in [-0.25, -0.2) is 9.97 Å². The normalized spacial score (nSPS) is 10.0. The summed E-state index contributed by atoms with van der Waals surface area (Å²) in [7, 11) is 0. The highest BCUT2D eigenvalue weighted by molar-refractivity contribution is 5.74. The van der Waals surface area contributed by atoms with E-state index in [4.69, 9.17) is 10.5 Å². The summed E-state index contributed by atoms with van der Waals surface area (Å²) < 4.78 is 4.80. The lowest BCUT2D eigenvalue weighted by atomic mass is 10.3. The third-order valence-corrected chi connectivity index (χ3v) is 1.99. The van der Waals surface area contributed by atoms with Gasteiger partial charge in [0.1, 0.15) is 24.0 Å². The Morgan fingerprint density at radius 3 is 2.88 bits per heavy atom. The van der Waals surface area contributed by atoms with Crippen LogP contribution in [0.3, 0.4) is 0 Å². The maximum atomic E-state index is 11.2. The summed E-state index contributed by atoms with van der Waals surface area (Å²) in [4.78, 5) is 19.5. The molecule has 0 fully saturated rings. The van der Waals surface area contributed by atoms with E-state index in [0.717, 1.165) is 12.8 Å². The molecule has 3 N–H and O–H groups in total. The lowest BCUT2D eigenvalue weighted by Gasteiger charge is -2.07. The van der Waals surface area contributed by atoms with Crippen molar-refractivity contribution in [2.24, 2.45) is 0 Å². The van der Waals surface area contributed by atoms with Crippen LogP contribution >= 0.6 is 0 Å². The van der Waals surface area contributed by atoms with Crippen LogP contribution in [0.25, 0.3) is 0 Å². The third kappa shape index (κ3) is 4.67. The Labute approximate surface area is 101 Å². The van der Waals surface area contributed by atoms with Crippen molar-refractivity contribution in [3.63, 3.8) is 0 Å². The lowest BCUT2D eigenvalue weighted by Crippen LogP contribution is -2.18. The van der Waals surface area contributed by atoms with Gasteiger partial charge in [-0.3, -0.25) is 4.79 Å². The number of nitrogens with two attached hydrogens (primary N) is 1. The van der Waals surface area contributed by atoms with E-state index in [9.17, 15) is 4.79 Å². The molecule has 0 saturated carbocycles. The predicted molar refractivity (Wildman–Crippen MR) is 65.6 cm³/mol. The van der Waals surface area contributed by atoms with Crippen LogP contribution < -0.4 is 11.1 Å². The van der Waals surface area contributed by atoms with Crippen molar-refractivity contribution in [1.29, 1.82) is 0 Å². The topological polar surface area (TPSA) is 90.1 Å². The van der Waals surface area contributed by atoms with Gasteiger partial charge in [-0.2, -0.15) is 0 Å². The SMILES string of the molecule is CCCc1nc(N)cc(NCC(=O)OCC)n1. The highest BCUT2D eigenvalue weighted by Crippen LogP contribution is 2.09. The second-order valence-electron chi connectivity index (χ2n) is 3.50. The number of nitrogen functional groups attached to an aromatic ring is 1. The van der Waals surface area contributed by atoms with Crippen LogP contribution in [0.15, 0.2) is 6.07 Å². The summed E-state index contributed by atoms with van der Waals surface area (Å²) in [6, 6.07) is 1.60. The molecule has 0 unspecified atom stereocenters. The summed E-state index contributed by atoms with van der Waals surface area (Å²) in [6.45, 7) is 4.25. The molecule has 0 atom stereocenters. The first-order valence-corrected chi connectivity index (χ1v) is 5.68. The quantitative estimate of drug-likeness (QED) is 0.718. The Bertz CT molecular complexity index is 382. The van der Waals surface area contributed by atoms with Gasteiger partial charge in [0.15, 0.2) is 0 Å². The number of hydrogen-bond acceptors (Lipinski definition) is 6. The molecule has 0 aliphatic rings. The van der Waals surface area contributed by atoms with Crippen molar-refractivity contribution in [3.05, 3.63) is 11.9 Å². The van der Waals surface area contributed by atoms with Gasteiger partial charge in [-0.15, -0.1) is 0 Å². The van der Waals surface area contributed by atoms with Gasteiger partial charge in [0.2, 0.25) is 0 Å². The van der Waals surface area contributed by atoms with E-state index < -0.39 is 0 Å². The number of anilines is 2. The summed E-state index contributed by atoms with van der Waals surface area (Å²) in [5, 5.41) is 2.86. The molecule has 0 aromatic carbocycles. The molecule has 1 aromatic rings. The Kier molecular flexibility index (Phi) is 5.19. The Hall–Kier alpha value is -1.85. The number of aromatic nitrogens is 2. The predicted octanol–water partition coefficient (Wildman–Crippen LogP) is 0.986. The molecule has 0 bridgehead atoms. The van der Waals surface area contributed by atoms with E-state index in [-0.39, 0.29) is 12.5 Å². The average molecular weight is 238 g/mol. The summed E-state index contributed by atoms with van der Waals surface area (Å²) in [5.41, 5.74) is 5.65. The van der Waals surface area contributed by atoms with Gasteiger partial charge in [0.05, 0.1) is 6.61 Å². The van der Waals surface area contributed by atoms with Crippen molar-refractivity contribution in [2.45, 2.75) is 26.7 Å². The van der Waals surface area contributed by atoms with E-state index in [1.807, 2.05) is 6.92 Å². The number of hydrogen-bond donors (Lipinski definition) is 2. The van der Waals surface area contributed by atoms with Crippen LogP contribution in [0, 0.1) is 0 Å². The minimum absolute atomic E-state index is 0.0792. The second kappa shape index (κ2) is 6.67. The number of carbonyl (C=O) groups excluding carboxylic acids is 1. The highest BCUT2D eigenvalue weighted by atomic mass is 16.5. The largest absolute Gasteiger partial charge is 0.465 e. The molecule has 0 saturated heterocycles. The van der Waals surface area contributed by atoms with E-state index >= 15 is 0 Å². The minimum Gasteiger partial charge on any atom is -0.465 e. The van der Waals surface area contributed by atoms with Crippen molar-refractivity contribution in [1.82, 2.24) is 9.97 Å².